The van der Waals surface area contributed by atoms with Crippen LogP contribution in [0.2, 0.25) is 0 Å². The Morgan fingerprint density at radius 3 is 1.81 bits per heavy atom. The summed E-state index contributed by atoms with van der Waals surface area (Å²) in [5.74, 6) is 0.531. The Morgan fingerprint density at radius 1 is 0.597 bits per heavy atom. The Labute approximate surface area is 420 Å². The largest absolute Gasteiger partial charge is 0.394 e. The fourth-order valence-electron chi connectivity index (χ4n) is 15.4. The molecule has 1 spiro atoms. The summed E-state index contributed by atoms with van der Waals surface area (Å²) in [5, 5.41) is 122. The molecule has 31 atom stereocenters. The quantitative estimate of drug-likeness (QED) is 0.126. The fourth-order valence-corrected chi connectivity index (χ4v) is 15.4. The van der Waals surface area contributed by atoms with E-state index >= 15 is 0 Å². The van der Waals surface area contributed by atoms with Crippen LogP contribution in [0.1, 0.15) is 106 Å². The lowest BCUT2D eigenvalue weighted by Crippen LogP contribution is -2.67. The van der Waals surface area contributed by atoms with Crippen LogP contribution in [0.5, 0.6) is 0 Å². The van der Waals surface area contributed by atoms with E-state index in [1.807, 2.05) is 0 Å². The Morgan fingerprint density at radius 2 is 1.19 bits per heavy atom. The third kappa shape index (κ3) is 8.63. The Balaban J connectivity index is 0.842. The van der Waals surface area contributed by atoms with E-state index in [9.17, 15) is 56.2 Å². The van der Waals surface area contributed by atoms with Crippen LogP contribution >= 0.6 is 0 Å². The second-order valence-corrected chi connectivity index (χ2v) is 23.9. The molecule has 0 aromatic rings. The first-order chi connectivity index (χ1) is 34.0. The molecule has 11 N–H and O–H groups in total. The highest BCUT2D eigenvalue weighted by molar-refractivity contribution is 5.29. The number of fused-ring (bicyclic) bond motifs is 7. The first-order valence-corrected chi connectivity index (χ1v) is 26.7. The van der Waals surface area contributed by atoms with Crippen LogP contribution in [0, 0.1) is 40.4 Å². The van der Waals surface area contributed by atoms with Crippen LogP contribution < -0.4 is 0 Å². The molecule has 10 rings (SSSR count). The third-order valence-electron chi connectivity index (χ3n) is 20.0. The first kappa shape index (κ1) is 54.3. The number of hydrogen-bond acceptors (Lipinski definition) is 21. The number of ether oxygens (including phenoxy) is 10. The van der Waals surface area contributed by atoms with Gasteiger partial charge in [-0.3, -0.25) is 0 Å². The number of aliphatic hydroxyl groups is 11. The van der Waals surface area contributed by atoms with Crippen LogP contribution in [0.15, 0.2) is 11.6 Å². The summed E-state index contributed by atoms with van der Waals surface area (Å²) in [6.07, 6.45) is -21.2. The molecule has 8 unspecified atom stereocenters. The van der Waals surface area contributed by atoms with E-state index < -0.39 is 147 Å². The molecular weight excluding hydrogens is 949 g/mol. The van der Waals surface area contributed by atoms with Gasteiger partial charge >= 0.3 is 0 Å². The SMILES string of the molecule is CC1CCC2(OC1)OC1CC3C4CC=C5C[C@@H](O[C@@H]6O[C@H](CO)[C@@H](O[C@@H]7O[C@H](C)[C@H](O[C@@H]8O[C@H](C)[C@H](O)[C@@H](O)[C@H]8O)[C@@H](O)[C@H]7O)[C@@H](O)[C@H]6O[C@@H]6O[C@H](C)[C@H](O)[C@@H](O)[C@H]6O)CC[C@]5(C)C4CC[C@]3(C)C1(O)C2C. The predicted octanol–water partition coefficient (Wildman–Crippen LogP) is -0.792. The minimum absolute atomic E-state index is 0.151. The molecule has 9 fully saturated rings. The minimum Gasteiger partial charge on any atom is -0.394 e. The third-order valence-corrected chi connectivity index (χ3v) is 20.0. The highest BCUT2D eigenvalue weighted by Gasteiger charge is 2.76. The van der Waals surface area contributed by atoms with Gasteiger partial charge in [-0.1, -0.05) is 39.3 Å². The lowest BCUT2D eigenvalue weighted by molar-refractivity contribution is -0.394. The van der Waals surface area contributed by atoms with Crippen molar-refractivity contribution in [1.29, 1.82) is 0 Å². The maximum Gasteiger partial charge on any atom is 0.187 e. The van der Waals surface area contributed by atoms with Crippen LogP contribution in [-0.2, 0) is 47.4 Å². The van der Waals surface area contributed by atoms with Gasteiger partial charge in [-0.25, -0.2) is 0 Å². The second-order valence-electron chi connectivity index (χ2n) is 23.9. The molecule has 412 valence electrons. The van der Waals surface area contributed by atoms with Crippen LogP contribution in [-0.4, -0.2) is 216 Å². The molecule has 3 saturated carbocycles. The second kappa shape index (κ2) is 20.0. The van der Waals surface area contributed by atoms with Crippen molar-refractivity contribution in [3.8, 4) is 0 Å². The van der Waals surface area contributed by atoms with Gasteiger partial charge in [0, 0.05) is 17.8 Å². The molecule has 6 aliphatic heterocycles. The average molecular weight is 1030 g/mol. The maximum atomic E-state index is 12.9. The van der Waals surface area contributed by atoms with Crippen LogP contribution in [0.3, 0.4) is 0 Å². The summed E-state index contributed by atoms with van der Waals surface area (Å²) in [7, 11) is 0. The highest BCUT2D eigenvalue weighted by atomic mass is 16.8. The fraction of sp³-hybridized carbons (Fsp3) is 0.961. The predicted molar refractivity (Wildman–Crippen MR) is 245 cm³/mol. The van der Waals surface area contributed by atoms with Crippen molar-refractivity contribution >= 4 is 0 Å². The molecular formula is C51H82O21. The van der Waals surface area contributed by atoms with E-state index in [0.717, 1.165) is 44.9 Å². The minimum atomic E-state index is -1.86. The molecule has 6 saturated heterocycles. The number of aliphatic hydroxyl groups excluding tert-OH is 10. The first-order valence-electron chi connectivity index (χ1n) is 26.7. The van der Waals surface area contributed by atoms with Crippen molar-refractivity contribution < 1.29 is 104 Å². The summed E-state index contributed by atoms with van der Waals surface area (Å²) in [5.41, 5.74) is -0.230. The van der Waals surface area contributed by atoms with Gasteiger partial charge in [0.2, 0.25) is 0 Å². The maximum absolute atomic E-state index is 12.9. The van der Waals surface area contributed by atoms with Gasteiger partial charge < -0.3 is 104 Å². The molecule has 0 amide bonds. The lowest BCUT2D eigenvalue weighted by Gasteiger charge is -2.60. The normalized spacial score (nSPS) is 58.8. The number of hydrogen-bond donors (Lipinski definition) is 11. The zero-order chi connectivity index (χ0) is 51.7. The number of allylic oxidation sites excluding steroid dienone is 1. The molecule has 4 aliphatic carbocycles. The van der Waals surface area contributed by atoms with E-state index in [4.69, 9.17) is 47.4 Å². The molecule has 21 nitrogen and oxygen atoms in total. The van der Waals surface area contributed by atoms with Crippen molar-refractivity contribution in [2.75, 3.05) is 13.2 Å². The molecule has 21 heteroatoms. The molecule has 0 aromatic carbocycles. The van der Waals surface area contributed by atoms with Gasteiger partial charge in [0.25, 0.3) is 0 Å². The van der Waals surface area contributed by atoms with E-state index in [1.165, 1.54) is 26.3 Å². The monoisotopic (exact) mass is 1030 g/mol. The molecule has 0 radical (unpaired) electrons. The van der Waals surface area contributed by atoms with Gasteiger partial charge in [0.1, 0.15) is 85.0 Å². The average Bonchev–Trinajstić information content (AvgIpc) is 3.71. The Kier molecular flexibility index (Phi) is 15.1. The smallest absolute Gasteiger partial charge is 0.187 e. The van der Waals surface area contributed by atoms with Crippen molar-refractivity contribution in [2.24, 2.45) is 40.4 Å². The zero-order valence-electron chi connectivity index (χ0n) is 42.4. The molecule has 0 aromatic heterocycles. The zero-order valence-corrected chi connectivity index (χ0v) is 42.4. The van der Waals surface area contributed by atoms with Gasteiger partial charge in [-0.05, 0) is 101 Å². The molecule has 0 bridgehead atoms. The summed E-state index contributed by atoms with van der Waals surface area (Å²) in [6.45, 7) is 13.3. The summed E-state index contributed by atoms with van der Waals surface area (Å²) >= 11 is 0. The van der Waals surface area contributed by atoms with E-state index in [0.29, 0.717) is 37.2 Å². The van der Waals surface area contributed by atoms with Crippen LogP contribution in [0.4, 0.5) is 0 Å². The Hall–Kier alpha value is -1.10. The summed E-state index contributed by atoms with van der Waals surface area (Å²) in [6, 6.07) is 0. The van der Waals surface area contributed by atoms with Gasteiger partial charge in [-0.2, -0.15) is 0 Å². The highest BCUT2D eigenvalue weighted by Crippen LogP contribution is 2.72. The van der Waals surface area contributed by atoms with Crippen molar-refractivity contribution in [3.05, 3.63) is 11.6 Å². The van der Waals surface area contributed by atoms with Gasteiger partial charge in [0.05, 0.1) is 43.7 Å². The molecule has 72 heavy (non-hydrogen) atoms. The van der Waals surface area contributed by atoms with Gasteiger partial charge in [-0.15, -0.1) is 0 Å². The van der Waals surface area contributed by atoms with E-state index in [2.05, 4.69) is 33.8 Å². The topological polar surface area (TPSA) is 315 Å². The van der Waals surface area contributed by atoms with Gasteiger partial charge in [0.15, 0.2) is 30.9 Å². The van der Waals surface area contributed by atoms with Crippen molar-refractivity contribution in [1.82, 2.24) is 0 Å². The van der Waals surface area contributed by atoms with E-state index in [1.54, 1.807) is 0 Å². The molecule has 10 aliphatic rings. The summed E-state index contributed by atoms with van der Waals surface area (Å²) in [4.78, 5) is 0. The number of rotatable bonds is 9. The Bertz CT molecular complexity index is 1940. The molecule has 6 heterocycles. The standard InChI is InChI=1S/C51H82O21/c1-20-10-15-50(63-19-20)24(5)51(62)31(72-50)17-29-27-9-8-25-16-26(11-13-48(25,6)28(27)12-14-49(29,51)7)67-47-43(71-45-38(59)35(56)33(54)22(3)65-45)40(61)42(30(18-52)68-47)70-46-39(60)36(57)41(23(4)66-46)69-44-37(58)34(55)32(53)21(2)64-44/h8,20-24,26-47,52-62H,9-19H2,1-7H3/t20?,21-,22-,23-,24?,26+,27?,28?,29?,30-,31?,32+,33+,34-,35-,36+,37-,38-,39-,40-,41+,42-,43-,44+,45+,46+,47-,48+,49+,50?,51?/m1/s1. The lowest BCUT2D eigenvalue weighted by atomic mass is 9.46. The van der Waals surface area contributed by atoms with Crippen LogP contribution in [0.25, 0.3) is 0 Å². The van der Waals surface area contributed by atoms with Crippen molar-refractivity contribution in [3.63, 3.8) is 0 Å². The van der Waals surface area contributed by atoms with E-state index in [-0.39, 0.29) is 28.8 Å². The summed E-state index contributed by atoms with van der Waals surface area (Å²) < 4.78 is 61.9. The van der Waals surface area contributed by atoms with Crippen molar-refractivity contribution in [2.45, 2.75) is 253 Å².